The molecule has 1 aliphatic rings. The van der Waals surface area contributed by atoms with Crippen molar-refractivity contribution in [3.05, 3.63) is 157 Å². The number of fused-ring (bicyclic) bond motifs is 4. The van der Waals surface area contributed by atoms with Gasteiger partial charge in [0, 0.05) is 99.7 Å². The van der Waals surface area contributed by atoms with Crippen LogP contribution in [0, 0.1) is 0 Å². The van der Waals surface area contributed by atoms with E-state index < -0.39 is 29.4 Å². The van der Waals surface area contributed by atoms with Crippen LogP contribution in [0.3, 0.4) is 0 Å². The Hall–Kier alpha value is -10.9. The Morgan fingerprint density at radius 1 is 0.526 bits per heavy atom. The molecule has 12 aromatic rings. The van der Waals surface area contributed by atoms with Gasteiger partial charge in [-0.05, 0) is 72.8 Å². The van der Waals surface area contributed by atoms with Crippen molar-refractivity contribution in [3.8, 4) is 22.8 Å². The van der Waals surface area contributed by atoms with Gasteiger partial charge in [0.15, 0.2) is 23.2 Å². The van der Waals surface area contributed by atoms with Crippen LogP contribution >= 0.6 is 0 Å². The molecule has 0 atom stereocenters. The lowest BCUT2D eigenvalue weighted by atomic mass is 10.1. The third-order valence-electron chi connectivity index (χ3n) is 13.2. The molecule has 13 rings (SSSR count). The molecule has 22 nitrogen and oxygen atoms in total. The van der Waals surface area contributed by atoms with Crippen LogP contribution in [0.2, 0.25) is 0 Å². The second-order valence-corrected chi connectivity index (χ2v) is 18.2. The second kappa shape index (κ2) is 19.1. The van der Waals surface area contributed by atoms with Gasteiger partial charge in [-0.15, -0.1) is 10.2 Å². The Balaban J connectivity index is 0.664. The predicted octanol–water partition coefficient (Wildman–Crippen LogP) is 9.23. The zero-order valence-electron chi connectivity index (χ0n) is 40.4. The van der Waals surface area contributed by atoms with Crippen molar-refractivity contribution in [2.45, 2.75) is 6.18 Å². The fourth-order valence-electron chi connectivity index (χ4n) is 9.31. The molecule has 0 saturated carbocycles. The SMILES string of the molecule is O=C(Nc1cnncc1N1CCN(c2cc(NC(=O)c3cc4ccc(-c5nccc(Nc6ccc7[nH]ncc7c6)n5)cc4[nH]3)c(C(F)(F)F)nn2)CC1)c1cc2ccc(-c3nccc(Nc4ccc5[nH]ncc5c4)n3)cc2[nH]1. The minimum Gasteiger partial charge on any atom is -0.365 e. The molecule has 25 heteroatoms. The van der Waals surface area contributed by atoms with E-state index in [2.05, 4.69) is 87.0 Å². The van der Waals surface area contributed by atoms with Crippen LogP contribution in [0.15, 0.2) is 140 Å². The topological polar surface area (TPSA) is 281 Å². The molecule has 0 radical (unpaired) electrons. The molecule has 0 bridgehead atoms. The monoisotopic (exact) mass is 1040 g/mol. The van der Waals surface area contributed by atoms with E-state index in [0.29, 0.717) is 88.5 Å². The largest absolute Gasteiger partial charge is 0.437 e. The van der Waals surface area contributed by atoms with Gasteiger partial charge in [0.25, 0.3) is 11.8 Å². The average Bonchev–Trinajstić information content (AvgIpc) is 4.35. The van der Waals surface area contributed by atoms with E-state index in [9.17, 15) is 22.8 Å². The van der Waals surface area contributed by atoms with E-state index in [1.807, 2.05) is 59.5 Å². The van der Waals surface area contributed by atoms with E-state index in [1.54, 1.807) is 72.2 Å². The summed E-state index contributed by atoms with van der Waals surface area (Å²) in [7, 11) is 0. The van der Waals surface area contributed by atoms with Gasteiger partial charge in [-0.1, -0.05) is 24.3 Å². The fraction of sp³-hybridized carbons (Fsp3) is 0.0943. The Morgan fingerprint density at radius 3 is 1.63 bits per heavy atom. The second-order valence-electron chi connectivity index (χ2n) is 18.2. The van der Waals surface area contributed by atoms with Crippen molar-refractivity contribution in [2.24, 2.45) is 0 Å². The molecule has 0 unspecified atom stereocenters. The zero-order chi connectivity index (χ0) is 52.9. The van der Waals surface area contributed by atoms with Crippen LogP contribution in [0.5, 0.6) is 0 Å². The van der Waals surface area contributed by atoms with Crippen molar-refractivity contribution in [3.63, 3.8) is 0 Å². The number of nitrogens with one attached hydrogen (secondary N) is 8. The molecule has 8 N–H and O–H groups in total. The molecule has 9 heterocycles. The molecule has 384 valence electrons. The number of amides is 2. The minimum absolute atomic E-state index is 0.0165. The van der Waals surface area contributed by atoms with Crippen LogP contribution in [0.1, 0.15) is 26.7 Å². The quantitative estimate of drug-likeness (QED) is 0.0566. The molecule has 0 spiro atoms. The number of aromatic nitrogens is 14. The number of halogens is 3. The maximum absolute atomic E-state index is 14.4. The minimum atomic E-state index is -4.93. The summed E-state index contributed by atoms with van der Waals surface area (Å²) < 4.78 is 43.2. The number of H-pyrrole nitrogens is 4. The van der Waals surface area contributed by atoms with Gasteiger partial charge in [0.05, 0.1) is 52.9 Å². The number of hydrogen-bond acceptors (Lipinski definition) is 16. The molecule has 1 saturated heterocycles. The summed E-state index contributed by atoms with van der Waals surface area (Å²) in [4.78, 5) is 55.8. The Morgan fingerprint density at radius 2 is 1.06 bits per heavy atom. The number of rotatable bonds is 12. The summed E-state index contributed by atoms with van der Waals surface area (Å²) in [6, 6.07) is 30.5. The number of piperazine rings is 1. The third-order valence-corrected chi connectivity index (χ3v) is 13.2. The van der Waals surface area contributed by atoms with Crippen molar-refractivity contribution in [2.75, 3.05) is 57.2 Å². The predicted molar refractivity (Wildman–Crippen MR) is 287 cm³/mol. The summed E-state index contributed by atoms with van der Waals surface area (Å²) in [5, 5.41) is 44.9. The van der Waals surface area contributed by atoms with E-state index in [4.69, 9.17) is 4.98 Å². The van der Waals surface area contributed by atoms with Crippen molar-refractivity contribution in [1.82, 2.24) is 70.7 Å². The van der Waals surface area contributed by atoms with Crippen LogP contribution in [-0.2, 0) is 6.18 Å². The lowest BCUT2D eigenvalue weighted by Crippen LogP contribution is -2.47. The summed E-state index contributed by atoms with van der Waals surface area (Å²) >= 11 is 0. The van der Waals surface area contributed by atoms with Gasteiger partial charge in [-0.2, -0.15) is 33.6 Å². The van der Waals surface area contributed by atoms with Crippen LogP contribution in [0.4, 0.5) is 59.1 Å². The first-order valence-corrected chi connectivity index (χ1v) is 24.2. The van der Waals surface area contributed by atoms with Crippen LogP contribution in [-0.4, -0.2) is 109 Å². The standard InChI is InChI=1S/C53H39F3N20O2/c54-53(55,56)48-40(67-51(77)41-19-28-1-3-30(21-38(28)65-41)49-57-11-9-45(69-49)63-34-5-7-36-32(17-34)24-61-71-36)23-47(73-74-48)76-15-13-75(14-16-76)44-27-60-59-26-43(44)68-52(78)42-20-29-2-4-31(22-39(29)66-42)50-58-12-10-46(70-50)64-35-6-8-37-33(18-35)25-62-72-37/h1-12,17-27,65-66H,13-16H2,(H,61,71)(H,62,72)(H,57,63,69)(H,58,64,70)(H,60,68,78)(H,67,73,77). The normalized spacial score (nSPS) is 12.9. The molecule has 4 aromatic carbocycles. The van der Waals surface area contributed by atoms with Crippen LogP contribution < -0.4 is 31.1 Å². The lowest BCUT2D eigenvalue weighted by molar-refractivity contribution is -0.141. The first-order chi connectivity index (χ1) is 38.0. The molecule has 0 aliphatic carbocycles. The molecule has 78 heavy (non-hydrogen) atoms. The first-order valence-electron chi connectivity index (χ1n) is 24.2. The lowest BCUT2D eigenvalue weighted by Gasteiger charge is -2.37. The summed E-state index contributed by atoms with van der Waals surface area (Å²) in [5.41, 5.74) is 5.46. The molecule has 1 fully saturated rings. The third kappa shape index (κ3) is 9.37. The van der Waals surface area contributed by atoms with E-state index in [0.717, 1.165) is 44.1 Å². The van der Waals surface area contributed by atoms with Crippen molar-refractivity contribution >= 4 is 101 Å². The van der Waals surface area contributed by atoms with Gasteiger partial charge in [-0.3, -0.25) is 19.8 Å². The average molecular weight is 1050 g/mol. The Kier molecular flexibility index (Phi) is 11.5. The molecule has 1 aliphatic heterocycles. The maximum atomic E-state index is 14.4. The highest BCUT2D eigenvalue weighted by Gasteiger charge is 2.38. The zero-order valence-corrected chi connectivity index (χ0v) is 40.4. The van der Waals surface area contributed by atoms with Crippen molar-refractivity contribution in [1.29, 1.82) is 0 Å². The summed E-state index contributed by atoms with van der Waals surface area (Å²) in [6.07, 6.45) is 4.82. The summed E-state index contributed by atoms with van der Waals surface area (Å²) in [5.74, 6) is 0.928. The molecular weight excluding hydrogens is 1010 g/mol. The Bertz CT molecular complexity index is 4280. The summed E-state index contributed by atoms with van der Waals surface area (Å²) in [6.45, 7) is 1.31. The number of aromatic amines is 4. The number of nitrogens with zero attached hydrogens (tertiary/aromatic N) is 12. The molecular formula is C53H39F3N20O2. The number of anilines is 8. The van der Waals surface area contributed by atoms with Crippen molar-refractivity contribution < 1.29 is 22.8 Å². The first kappa shape index (κ1) is 46.9. The van der Waals surface area contributed by atoms with Crippen LogP contribution in [0.25, 0.3) is 66.4 Å². The number of alkyl halides is 3. The van der Waals surface area contributed by atoms with E-state index >= 15 is 0 Å². The molecule has 8 aromatic heterocycles. The maximum Gasteiger partial charge on any atom is 0.437 e. The van der Waals surface area contributed by atoms with Gasteiger partial charge in [-0.25, -0.2) is 19.9 Å². The van der Waals surface area contributed by atoms with Gasteiger partial charge in [0.2, 0.25) is 0 Å². The van der Waals surface area contributed by atoms with E-state index in [1.165, 1.54) is 18.5 Å². The Labute approximate surface area is 437 Å². The number of carbonyl (C=O) groups is 2. The fourth-order valence-corrected chi connectivity index (χ4v) is 9.31. The molecule has 2 amide bonds. The highest BCUT2D eigenvalue weighted by molar-refractivity contribution is 6.08. The number of benzene rings is 4. The highest BCUT2D eigenvalue weighted by Crippen LogP contribution is 2.36. The van der Waals surface area contributed by atoms with Gasteiger partial charge >= 0.3 is 6.18 Å². The van der Waals surface area contributed by atoms with Gasteiger partial charge in [0.1, 0.15) is 23.0 Å². The number of hydrogen-bond donors (Lipinski definition) is 8. The number of carbonyl (C=O) groups excluding carboxylic acids is 2. The smallest absolute Gasteiger partial charge is 0.365 e. The highest BCUT2D eigenvalue weighted by atomic mass is 19.4. The van der Waals surface area contributed by atoms with E-state index in [-0.39, 0.29) is 11.5 Å². The van der Waals surface area contributed by atoms with Gasteiger partial charge < -0.3 is 41.0 Å².